The van der Waals surface area contributed by atoms with Crippen LogP contribution in [-0.2, 0) is 4.74 Å². The van der Waals surface area contributed by atoms with Crippen LogP contribution >= 0.6 is 0 Å². The average Bonchev–Trinajstić information content (AvgIpc) is 2.67. The van der Waals surface area contributed by atoms with Crippen LogP contribution < -0.4 is 14.8 Å². The molecule has 0 radical (unpaired) electrons. The summed E-state index contributed by atoms with van der Waals surface area (Å²) < 4.78 is 16.3. The van der Waals surface area contributed by atoms with Crippen LogP contribution in [0.15, 0.2) is 55.1 Å². The fraction of sp³-hybridized carbons (Fsp3) is 0.200. The van der Waals surface area contributed by atoms with Crippen molar-refractivity contribution in [3.63, 3.8) is 0 Å². The first-order valence-electron chi connectivity index (χ1n) is 9.06. The number of carbonyl (C=O) groups excluding carboxylic acids is 1. The monoisotopic (exact) mass is 425 g/mol. The molecule has 0 saturated carbocycles. The highest BCUT2D eigenvalue weighted by Gasteiger charge is 2.26. The van der Waals surface area contributed by atoms with E-state index in [0.29, 0.717) is 5.75 Å². The van der Waals surface area contributed by atoms with Gasteiger partial charge in [0.2, 0.25) is 5.88 Å². The lowest BCUT2D eigenvalue weighted by molar-refractivity contribution is -0.385. The molecule has 31 heavy (non-hydrogen) atoms. The number of hydrogen-bond donors (Lipinski definition) is 1. The maximum absolute atomic E-state index is 12.0. The maximum atomic E-state index is 12.0. The molecular formula is C20H19N5O6. The molecule has 160 valence electrons. The van der Waals surface area contributed by atoms with Crippen LogP contribution in [0.1, 0.15) is 20.8 Å². The fourth-order valence-electron chi connectivity index (χ4n) is 2.37. The van der Waals surface area contributed by atoms with E-state index >= 15 is 0 Å². The van der Waals surface area contributed by atoms with Crippen LogP contribution in [0.2, 0.25) is 0 Å². The minimum absolute atomic E-state index is 0.115. The summed E-state index contributed by atoms with van der Waals surface area (Å²) in [6, 6.07) is 7.65. The van der Waals surface area contributed by atoms with Crippen molar-refractivity contribution in [3.8, 4) is 23.3 Å². The molecule has 1 N–H and O–H groups in total. The van der Waals surface area contributed by atoms with E-state index in [1.165, 1.54) is 36.9 Å². The molecule has 0 unspecified atom stereocenters. The summed E-state index contributed by atoms with van der Waals surface area (Å²) in [5.41, 5.74) is -1.40. The van der Waals surface area contributed by atoms with E-state index in [9.17, 15) is 14.9 Å². The van der Waals surface area contributed by atoms with E-state index in [2.05, 4.69) is 20.3 Å². The van der Waals surface area contributed by atoms with Crippen LogP contribution in [0.5, 0.6) is 23.3 Å². The van der Waals surface area contributed by atoms with Gasteiger partial charge in [-0.05, 0) is 39.0 Å². The molecule has 2 heterocycles. The summed E-state index contributed by atoms with van der Waals surface area (Å²) in [5, 5.41) is 14.0. The van der Waals surface area contributed by atoms with Crippen molar-refractivity contribution in [3.05, 3.63) is 65.2 Å². The second kappa shape index (κ2) is 9.03. The Morgan fingerprint density at radius 1 is 1.06 bits per heavy atom. The quantitative estimate of drug-likeness (QED) is 0.439. The number of carbonyl (C=O) groups is 1. The molecule has 1 amide bonds. The highest BCUT2D eigenvalue weighted by Crippen LogP contribution is 2.36. The number of nitro groups is 1. The van der Waals surface area contributed by atoms with Gasteiger partial charge in [-0.3, -0.25) is 20.4 Å². The van der Waals surface area contributed by atoms with Gasteiger partial charge in [0, 0.05) is 24.7 Å². The average molecular weight is 425 g/mol. The summed E-state index contributed by atoms with van der Waals surface area (Å²) in [5.74, 6) is 0.567. The van der Waals surface area contributed by atoms with E-state index in [1.54, 1.807) is 39.0 Å². The van der Waals surface area contributed by atoms with Gasteiger partial charge in [-0.1, -0.05) is 6.07 Å². The van der Waals surface area contributed by atoms with Gasteiger partial charge in [-0.25, -0.2) is 14.8 Å². The lowest BCUT2D eigenvalue weighted by Crippen LogP contribution is -2.27. The zero-order chi connectivity index (χ0) is 22.4. The molecule has 11 nitrogen and oxygen atoms in total. The normalized spacial score (nSPS) is 10.8. The Balaban J connectivity index is 1.84. The van der Waals surface area contributed by atoms with Crippen molar-refractivity contribution in [2.24, 2.45) is 0 Å². The number of amides is 1. The van der Waals surface area contributed by atoms with E-state index in [0.717, 1.165) is 0 Å². The van der Waals surface area contributed by atoms with Crippen molar-refractivity contribution >= 4 is 17.5 Å². The van der Waals surface area contributed by atoms with Crippen LogP contribution in [0.3, 0.4) is 0 Å². The largest absolute Gasteiger partial charge is 0.444 e. The molecule has 2 aromatic heterocycles. The molecule has 0 aliphatic carbocycles. The maximum Gasteiger partial charge on any atom is 0.412 e. The Morgan fingerprint density at radius 3 is 2.45 bits per heavy atom. The summed E-state index contributed by atoms with van der Waals surface area (Å²) in [7, 11) is 0. The first-order valence-corrected chi connectivity index (χ1v) is 9.06. The highest BCUT2D eigenvalue weighted by molar-refractivity contribution is 5.88. The molecule has 11 heteroatoms. The molecule has 1 aromatic carbocycles. The van der Waals surface area contributed by atoms with Crippen LogP contribution in [0.4, 0.5) is 16.2 Å². The number of pyridine rings is 1. The predicted molar refractivity (Wildman–Crippen MR) is 109 cm³/mol. The number of rotatable bonds is 6. The van der Waals surface area contributed by atoms with Gasteiger partial charge in [0.05, 0.1) is 11.1 Å². The molecule has 0 aliphatic rings. The van der Waals surface area contributed by atoms with E-state index < -0.39 is 22.3 Å². The number of aromatic nitrogens is 3. The molecule has 0 fully saturated rings. The number of ether oxygens (including phenoxy) is 3. The summed E-state index contributed by atoms with van der Waals surface area (Å²) in [6.07, 6.45) is 4.86. The Bertz CT molecular complexity index is 1080. The molecule has 0 bridgehead atoms. The second-order valence-corrected chi connectivity index (χ2v) is 7.12. The number of anilines is 1. The van der Waals surface area contributed by atoms with E-state index in [-0.39, 0.29) is 23.2 Å². The van der Waals surface area contributed by atoms with Gasteiger partial charge in [0.25, 0.3) is 0 Å². The van der Waals surface area contributed by atoms with Crippen LogP contribution in [0, 0.1) is 10.1 Å². The SMILES string of the molecule is CC(C)(C)OC(=O)Nc1ccnc(Oc2cccc(Oc3cnccn3)c2)c1[N+](=O)[O-]. The minimum Gasteiger partial charge on any atom is -0.444 e. The number of hydrogen-bond acceptors (Lipinski definition) is 9. The summed E-state index contributed by atoms with van der Waals surface area (Å²) in [4.78, 5) is 34.9. The number of nitrogens with zero attached hydrogens (tertiary/aromatic N) is 4. The molecule has 0 spiro atoms. The number of nitrogens with one attached hydrogen (secondary N) is 1. The van der Waals surface area contributed by atoms with Gasteiger partial charge < -0.3 is 14.2 Å². The lowest BCUT2D eigenvalue weighted by atomic mass is 10.2. The highest BCUT2D eigenvalue weighted by atomic mass is 16.6. The van der Waals surface area contributed by atoms with Crippen molar-refractivity contribution in [1.82, 2.24) is 15.0 Å². The van der Waals surface area contributed by atoms with Gasteiger partial charge in [-0.15, -0.1) is 0 Å². The van der Waals surface area contributed by atoms with Crippen LogP contribution in [0.25, 0.3) is 0 Å². The lowest BCUT2D eigenvalue weighted by Gasteiger charge is -2.19. The number of benzene rings is 1. The Kier molecular flexibility index (Phi) is 6.24. The van der Waals surface area contributed by atoms with Crippen molar-refractivity contribution in [2.45, 2.75) is 26.4 Å². The summed E-state index contributed by atoms with van der Waals surface area (Å²) in [6.45, 7) is 5.04. The smallest absolute Gasteiger partial charge is 0.412 e. The molecule has 3 aromatic rings. The Hall–Kier alpha value is -4.28. The van der Waals surface area contributed by atoms with Gasteiger partial charge in [0.15, 0.2) is 0 Å². The third-order valence-corrected chi connectivity index (χ3v) is 3.49. The molecule has 0 saturated heterocycles. The Morgan fingerprint density at radius 2 is 1.81 bits per heavy atom. The minimum atomic E-state index is -0.841. The standard InChI is InChI=1S/C20H19N5O6/c1-20(2,3)31-19(26)24-15-7-8-23-18(17(15)25(27)28)30-14-6-4-5-13(11-14)29-16-12-21-9-10-22-16/h4-12H,1-3H3,(H,23,24,26). The van der Waals surface area contributed by atoms with Crippen LogP contribution in [-0.4, -0.2) is 31.6 Å². The zero-order valence-corrected chi connectivity index (χ0v) is 16.9. The third kappa shape index (κ3) is 6.10. The van der Waals surface area contributed by atoms with Gasteiger partial charge >= 0.3 is 17.7 Å². The fourth-order valence-corrected chi connectivity index (χ4v) is 2.37. The second-order valence-electron chi connectivity index (χ2n) is 7.12. The third-order valence-electron chi connectivity index (χ3n) is 3.49. The molecular weight excluding hydrogens is 406 g/mol. The molecule has 3 rings (SSSR count). The van der Waals surface area contributed by atoms with Gasteiger partial charge in [-0.2, -0.15) is 0 Å². The van der Waals surface area contributed by atoms with E-state index in [4.69, 9.17) is 14.2 Å². The van der Waals surface area contributed by atoms with Crippen molar-refractivity contribution < 1.29 is 23.9 Å². The topological polar surface area (TPSA) is 139 Å². The van der Waals surface area contributed by atoms with Crippen molar-refractivity contribution in [2.75, 3.05) is 5.32 Å². The first-order chi connectivity index (χ1) is 14.7. The molecule has 0 aliphatic heterocycles. The Labute approximate surface area is 177 Å². The zero-order valence-electron chi connectivity index (χ0n) is 16.9. The summed E-state index contributed by atoms with van der Waals surface area (Å²) >= 11 is 0. The predicted octanol–water partition coefficient (Wildman–Crippen LogP) is 4.71. The van der Waals surface area contributed by atoms with Gasteiger partial charge in [0.1, 0.15) is 22.8 Å². The van der Waals surface area contributed by atoms with Crippen molar-refractivity contribution in [1.29, 1.82) is 0 Å². The van der Waals surface area contributed by atoms with E-state index in [1.807, 2.05) is 0 Å². The molecule has 0 atom stereocenters. The first kappa shape index (κ1) is 21.4.